The second kappa shape index (κ2) is 5.55. The number of hydrogen-bond acceptors (Lipinski definition) is 1. The summed E-state index contributed by atoms with van der Waals surface area (Å²) in [6, 6.07) is 34.5. The Morgan fingerprint density at radius 1 is 0.429 bits per heavy atom. The Balaban J connectivity index is 1.76. The second-order valence-corrected chi connectivity index (χ2v) is 7.32. The summed E-state index contributed by atoms with van der Waals surface area (Å²) in [5, 5.41) is 21.7. The normalized spacial score (nSPS) is 11.5. The van der Waals surface area contributed by atoms with E-state index in [0.717, 1.165) is 5.39 Å². The smallest absolute Gasteiger partial charge is 0.0991 e. The van der Waals surface area contributed by atoms with Crippen LogP contribution in [0.15, 0.2) is 91.0 Å². The third-order valence-electron chi connectivity index (χ3n) is 5.87. The zero-order valence-electron chi connectivity index (χ0n) is 15.1. The minimum atomic E-state index is 0.700. The molecule has 0 bridgehead atoms. The Labute approximate surface area is 162 Å². The maximum absolute atomic E-state index is 9.18. The molecule has 0 aliphatic heterocycles. The van der Waals surface area contributed by atoms with Crippen molar-refractivity contribution in [2.45, 2.75) is 0 Å². The van der Waals surface area contributed by atoms with Crippen molar-refractivity contribution < 1.29 is 0 Å². The lowest BCUT2D eigenvalue weighted by Crippen LogP contribution is -1.84. The Morgan fingerprint density at radius 2 is 0.893 bits per heavy atom. The molecular formula is C27H15N. The van der Waals surface area contributed by atoms with Crippen LogP contribution >= 0.6 is 0 Å². The van der Waals surface area contributed by atoms with Crippen molar-refractivity contribution in [3.63, 3.8) is 0 Å². The summed E-state index contributed by atoms with van der Waals surface area (Å²) in [4.78, 5) is 0. The number of rotatable bonds is 0. The van der Waals surface area contributed by atoms with E-state index in [1.165, 1.54) is 48.5 Å². The average Bonchev–Trinajstić information content (AvgIpc) is 2.77. The van der Waals surface area contributed by atoms with Crippen molar-refractivity contribution in [3.05, 3.63) is 96.6 Å². The summed E-state index contributed by atoms with van der Waals surface area (Å²) in [6.45, 7) is 0. The molecule has 0 spiro atoms. The molecule has 28 heavy (non-hydrogen) atoms. The molecular weight excluding hydrogens is 338 g/mol. The summed E-state index contributed by atoms with van der Waals surface area (Å²) in [7, 11) is 0. The molecule has 1 heteroatoms. The van der Waals surface area contributed by atoms with Gasteiger partial charge in [-0.15, -0.1) is 0 Å². The van der Waals surface area contributed by atoms with Crippen LogP contribution in [0.2, 0.25) is 0 Å². The van der Waals surface area contributed by atoms with Crippen LogP contribution in [0, 0.1) is 11.3 Å². The molecule has 0 aliphatic carbocycles. The van der Waals surface area contributed by atoms with Crippen molar-refractivity contribution in [2.24, 2.45) is 0 Å². The standard InChI is InChI=1S/C27H15N/c28-16-17-5-8-21-19(15-17)7-10-25-23(21)12-14-26-24-9-6-18-3-1-2-4-20(18)22(24)11-13-27(25)26/h1-15H. The largest absolute Gasteiger partial charge is 0.192 e. The molecule has 0 atom stereocenters. The van der Waals surface area contributed by atoms with Crippen LogP contribution in [-0.2, 0) is 0 Å². The lowest BCUT2D eigenvalue weighted by atomic mass is 9.92. The third-order valence-corrected chi connectivity index (χ3v) is 5.87. The van der Waals surface area contributed by atoms with Crippen LogP contribution < -0.4 is 0 Å². The van der Waals surface area contributed by atoms with Crippen molar-refractivity contribution in [1.82, 2.24) is 0 Å². The monoisotopic (exact) mass is 353 g/mol. The van der Waals surface area contributed by atoms with Crippen LogP contribution in [0.1, 0.15) is 5.56 Å². The fourth-order valence-electron chi connectivity index (χ4n) is 4.53. The number of fused-ring (bicyclic) bond motifs is 9. The zero-order valence-corrected chi connectivity index (χ0v) is 15.1. The maximum Gasteiger partial charge on any atom is 0.0991 e. The fraction of sp³-hybridized carbons (Fsp3) is 0. The van der Waals surface area contributed by atoms with Crippen molar-refractivity contribution in [3.8, 4) is 6.07 Å². The Kier molecular flexibility index (Phi) is 3.01. The van der Waals surface area contributed by atoms with Crippen molar-refractivity contribution in [2.75, 3.05) is 0 Å². The predicted octanol–water partition coefficient (Wildman–Crippen LogP) is 7.32. The van der Waals surface area contributed by atoms with Gasteiger partial charge in [-0.25, -0.2) is 0 Å². The molecule has 6 rings (SSSR count). The molecule has 0 fully saturated rings. The molecule has 0 aromatic heterocycles. The molecule has 0 N–H and O–H groups in total. The predicted molar refractivity (Wildman–Crippen MR) is 119 cm³/mol. The minimum absolute atomic E-state index is 0.700. The van der Waals surface area contributed by atoms with E-state index >= 15 is 0 Å². The van der Waals surface area contributed by atoms with Crippen molar-refractivity contribution >= 4 is 53.9 Å². The van der Waals surface area contributed by atoms with Gasteiger partial charge in [-0.2, -0.15) is 5.26 Å². The van der Waals surface area contributed by atoms with Crippen LogP contribution in [-0.4, -0.2) is 0 Å². The van der Waals surface area contributed by atoms with Gasteiger partial charge in [0.05, 0.1) is 11.6 Å². The lowest BCUT2D eigenvalue weighted by molar-refractivity contribution is 1.50. The molecule has 0 heterocycles. The van der Waals surface area contributed by atoms with Crippen molar-refractivity contribution in [1.29, 1.82) is 5.26 Å². The Bertz CT molecular complexity index is 1620. The summed E-state index contributed by atoms with van der Waals surface area (Å²) in [5.74, 6) is 0. The highest BCUT2D eigenvalue weighted by Crippen LogP contribution is 2.36. The highest BCUT2D eigenvalue weighted by molar-refractivity contribution is 6.24. The summed E-state index contributed by atoms with van der Waals surface area (Å²) < 4.78 is 0. The SMILES string of the molecule is N#Cc1ccc2c(ccc3c2ccc2c4ccc5ccccc5c4ccc32)c1. The maximum atomic E-state index is 9.18. The quantitative estimate of drug-likeness (QED) is 0.262. The molecule has 6 aromatic rings. The van der Waals surface area contributed by atoms with E-state index < -0.39 is 0 Å². The molecule has 0 amide bonds. The van der Waals surface area contributed by atoms with Gasteiger partial charge in [0.2, 0.25) is 0 Å². The summed E-state index contributed by atoms with van der Waals surface area (Å²) >= 11 is 0. The highest BCUT2D eigenvalue weighted by Gasteiger charge is 2.09. The van der Waals surface area contributed by atoms with E-state index in [-0.39, 0.29) is 0 Å². The third kappa shape index (κ3) is 2.00. The Morgan fingerprint density at radius 3 is 1.54 bits per heavy atom. The molecule has 6 aromatic carbocycles. The second-order valence-electron chi connectivity index (χ2n) is 7.32. The van der Waals surface area contributed by atoms with Gasteiger partial charge in [-0.1, -0.05) is 78.9 Å². The highest BCUT2D eigenvalue weighted by atomic mass is 14.2. The minimum Gasteiger partial charge on any atom is -0.192 e. The van der Waals surface area contributed by atoms with Gasteiger partial charge >= 0.3 is 0 Å². The number of benzene rings is 6. The first-order chi connectivity index (χ1) is 13.8. The average molecular weight is 353 g/mol. The van der Waals surface area contributed by atoms with Gasteiger partial charge in [-0.05, 0) is 66.0 Å². The first-order valence-electron chi connectivity index (χ1n) is 9.43. The van der Waals surface area contributed by atoms with E-state index in [9.17, 15) is 5.26 Å². The summed E-state index contributed by atoms with van der Waals surface area (Å²) in [6.07, 6.45) is 0. The molecule has 128 valence electrons. The van der Waals surface area contributed by atoms with E-state index in [4.69, 9.17) is 0 Å². The molecule has 0 saturated heterocycles. The summed E-state index contributed by atoms with van der Waals surface area (Å²) in [5.41, 5.74) is 0.700. The van der Waals surface area contributed by atoms with E-state index in [2.05, 4.69) is 84.9 Å². The molecule has 0 aliphatic rings. The topological polar surface area (TPSA) is 23.8 Å². The van der Waals surface area contributed by atoms with E-state index in [1.54, 1.807) is 0 Å². The first kappa shape index (κ1) is 15.2. The molecule has 0 saturated carbocycles. The molecule has 0 unspecified atom stereocenters. The van der Waals surface area contributed by atoms with Crippen LogP contribution in [0.5, 0.6) is 0 Å². The van der Waals surface area contributed by atoms with Crippen LogP contribution in [0.3, 0.4) is 0 Å². The van der Waals surface area contributed by atoms with Gasteiger partial charge in [0, 0.05) is 0 Å². The fourth-order valence-corrected chi connectivity index (χ4v) is 4.53. The number of nitriles is 1. The Hall–Kier alpha value is -3.89. The lowest BCUT2D eigenvalue weighted by Gasteiger charge is -2.11. The van der Waals surface area contributed by atoms with Gasteiger partial charge in [0.25, 0.3) is 0 Å². The van der Waals surface area contributed by atoms with Gasteiger partial charge in [0.15, 0.2) is 0 Å². The van der Waals surface area contributed by atoms with E-state index in [1.807, 2.05) is 12.1 Å². The molecule has 1 nitrogen and oxygen atoms in total. The first-order valence-corrected chi connectivity index (χ1v) is 9.43. The van der Waals surface area contributed by atoms with Gasteiger partial charge < -0.3 is 0 Å². The molecule has 0 radical (unpaired) electrons. The number of nitrogens with zero attached hydrogens (tertiary/aromatic N) is 1. The number of hydrogen-bond donors (Lipinski definition) is 0. The van der Waals surface area contributed by atoms with Gasteiger partial charge in [0.1, 0.15) is 0 Å². The zero-order chi connectivity index (χ0) is 18.7. The van der Waals surface area contributed by atoms with Crippen LogP contribution in [0.25, 0.3) is 53.9 Å². The van der Waals surface area contributed by atoms with E-state index in [0.29, 0.717) is 5.56 Å². The van der Waals surface area contributed by atoms with Crippen LogP contribution in [0.4, 0.5) is 0 Å². The van der Waals surface area contributed by atoms with Gasteiger partial charge in [-0.3, -0.25) is 0 Å².